The van der Waals surface area contributed by atoms with Crippen molar-refractivity contribution in [1.82, 2.24) is 15.0 Å². The molecule has 0 amide bonds. The molecule has 0 saturated heterocycles. The van der Waals surface area contributed by atoms with Gasteiger partial charge in [-0.05, 0) is 19.1 Å². The number of pyridine rings is 1. The Morgan fingerprint density at radius 1 is 1.50 bits per heavy atom. The lowest BCUT2D eigenvalue weighted by Gasteiger charge is -1.92. The number of aromatic amines is 1. The van der Waals surface area contributed by atoms with E-state index in [1.165, 1.54) is 0 Å². The molecule has 2 rings (SSSR count). The Labute approximate surface area is 87.2 Å². The summed E-state index contributed by atoms with van der Waals surface area (Å²) in [6.45, 7) is 1.96. The van der Waals surface area contributed by atoms with Gasteiger partial charge in [0.2, 0.25) is 0 Å². The van der Waals surface area contributed by atoms with E-state index in [-0.39, 0.29) is 0 Å². The summed E-state index contributed by atoms with van der Waals surface area (Å²) in [6, 6.07) is 3.84. The summed E-state index contributed by atoms with van der Waals surface area (Å²) in [4.78, 5) is 11.6. The molecular weight excluding hydrogens is 198 g/mol. The number of aryl methyl sites for hydroxylation is 1. The van der Waals surface area contributed by atoms with Crippen LogP contribution in [0.15, 0.2) is 24.5 Å². The zero-order valence-electron chi connectivity index (χ0n) is 7.79. The summed E-state index contributed by atoms with van der Waals surface area (Å²) in [5, 5.41) is 0. The molecule has 0 aliphatic heterocycles. The number of halogens is 1. The van der Waals surface area contributed by atoms with Crippen LogP contribution in [-0.4, -0.2) is 15.0 Å². The van der Waals surface area contributed by atoms with Gasteiger partial charge in [-0.1, -0.05) is 0 Å². The van der Waals surface area contributed by atoms with Crippen LogP contribution in [0.2, 0.25) is 0 Å². The van der Waals surface area contributed by atoms with Gasteiger partial charge in [-0.3, -0.25) is 4.98 Å². The summed E-state index contributed by atoms with van der Waals surface area (Å²) in [6.07, 6.45) is 3.51. The highest BCUT2D eigenvalue weighted by Gasteiger charge is 2.06. The molecule has 4 heteroatoms. The summed E-state index contributed by atoms with van der Waals surface area (Å²) < 4.78 is 0. The SMILES string of the molecule is Cc1[nH]c(-c2cccnc2)nc1CCl. The van der Waals surface area contributed by atoms with E-state index in [4.69, 9.17) is 11.6 Å². The molecule has 0 saturated carbocycles. The first-order valence-corrected chi connectivity index (χ1v) is 4.86. The third kappa shape index (κ3) is 1.63. The number of alkyl halides is 1. The van der Waals surface area contributed by atoms with Crippen molar-refractivity contribution in [3.8, 4) is 11.4 Å². The maximum atomic E-state index is 5.73. The Hall–Kier alpha value is -1.35. The maximum absolute atomic E-state index is 5.73. The molecule has 0 aromatic carbocycles. The summed E-state index contributed by atoms with van der Waals surface area (Å²) in [5.74, 6) is 1.26. The smallest absolute Gasteiger partial charge is 0.139 e. The fourth-order valence-corrected chi connectivity index (χ4v) is 1.53. The van der Waals surface area contributed by atoms with Gasteiger partial charge in [0.1, 0.15) is 5.82 Å². The van der Waals surface area contributed by atoms with E-state index in [2.05, 4.69) is 15.0 Å². The third-order valence-electron chi connectivity index (χ3n) is 2.05. The number of imidazole rings is 1. The van der Waals surface area contributed by atoms with Gasteiger partial charge in [-0.15, -0.1) is 11.6 Å². The molecule has 0 aliphatic rings. The highest BCUT2D eigenvalue weighted by Crippen LogP contribution is 2.17. The molecular formula is C10H10ClN3. The van der Waals surface area contributed by atoms with Crippen molar-refractivity contribution in [2.45, 2.75) is 12.8 Å². The molecule has 0 unspecified atom stereocenters. The number of hydrogen-bond donors (Lipinski definition) is 1. The first-order valence-electron chi connectivity index (χ1n) is 4.33. The molecule has 0 radical (unpaired) electrons. The van der Waals surface area contributed by atoms with Crippen molar-refractivity contribution in [3.05, 3.63) is 35.9 Å². The minimum Gasteiger partial charge on any atom is -0.342 e. The van der Waals surface area contributed by atoms with Gasteiger partial charge in [0.05, 0.1) is 11.6 Å². The second-order valence-electron chi connectivity index (χ2n) is 3.03. The molecule has 2 aromatic heterocycles. The van der Waals surface area contributed by atoms with Gasteiger partial charge in [0, 0.05) is 23.7 Å². The topological polar surface area (TPSA) is 41.6 Å². The van der Waals surface area contributed by atoms with E-state index < -0.39 is 0 Å². The lowest BCUT2D eigenvalue weighted by molar-refractivity contribution is 1.18. The first kappa shape index (κ1) is 9.21. The monoisotopic (exact) mass is 207 g/mol. The second-order valence-corrected chi connectivity index (χ2v) is 3.30. The van der Waals surface area contributed by atoms with Crippen molar-refractivity contribution in [1.29, 1.82) is 0 Å². The molecule has 0 atom stereocenters. The molecule has 0 bridgehead atoms. The van der Waals surface area contributed by atoms with Crippen molar-refractivity contribution in [2.75, 3.05) is 0 Å². The van der Waals surface area contributed by atoms with Crippen LogP contribution < -0.4 is 0 Å². The van der Waals surface area contributed by atoms with Gasteiger partial charge in [0.25, 0.3) is 0 Å². The van der Waals surface area contributed by atoms with E-state index in [0.717, 1.165) is 22.8 Å². The van der Waals surface area contributed by atoms with Gasteiger partial charge < -0.3 is 4.98 Å². The average molecular weight is 208 g/mol. The molecule has 0 fully saturated rings. The highest BCUT2D eigenvalue weighted by molar-refractivity contribution is 6.17. The van der Waals surface area contributed by atoms with Gasteiger partial charge in [-0.2, -0.15) is 0 Å². The largest absolute Gasteiger partial charge is 0.342 e. The Kier molecular flexibility index (Phi) is 2.50. The van der Waals surface area contributed by atoms with Crippen molar-refractivity contribution in [2.24, 2.45) is 0 Å². The number of H-pyrrole nitrogens is 1. The maximum Gasteiger partial charge on any atom is 0.139 e. The molecule has 14 heavy (non-hydrogen) atoms. The van der Waals surface area contributed by atoms with E-state index >= 15 is 0 Å². The van der Waals surface area contributed by atoms with E-state index in [1.54, 1.807) is 12.4 Å². The summed E-state index contributed by atoms with van der Waals surface area (Å²) in [5.41, 5.74) is 2.89. The van der Waals surface area contributed by atoms with Gasteiger partial charge >= 0.3 is 0 Å². The molecule has 0 spiro atoms. The standard InChI is InChI=1S/C10H10ClN3/c1-7-9(5-11)14-10(13-7)8-3-2-4-12-6-8/h2-4,6H,5H2,1H3,(H,13,14). The van der Waals surface area contributed by atoms with Crippen LogP contribution in [0, 0.1) is 6.92 Å². The summed E-state index contributed by atoms with van der Waals surface area (Å²) >= 11 is 5.73. The van der Waals surface area contributed by atoms with Crippen LogP contribution in [0.25, 0.3) is 11.4 Å². The minimum absolute atomic E-state index is 0.433. The Bertz CT molecular complexity index is 422. The normalized spacial score (nSPS) is 10.4. The van der Waals surface area contributed by atoms with E-state index in [9.17, 15) is 0 Å². The number of hydrogen-bond acceptors (Lipinski definition) is 2. The summed E-state index contributed by atoms with van der Waals surface area (Å²) in [7, 11) is 0. The van der Waals surface area contributed by atoms with Crippen molar-refractivity contribution in [3.63, 3.8) is 0 Å². The van der Waals surface area contributed by atoms with Crippen molar-refractivity contribution >= 4 is 11.6 Å². The Morgan fingerprint density at radius 2 is 2.36 bits per heavy atom. The van der Waals surface area contributed by atoms with Crippen LogP contribution in [0.4, 0.5) is 0 Å². The lowest BCUT2D eigenvalue weighted by Crippen LogP contribution is -1.81. The average Bonchev–Trinajstić information content (AvgIpc) is 2.61. The highest BCUT2D eigenvalue weighted by atomic mass is 35.5. The lowest BCUT2D eigenvalue weighted by atomic mass is 10.3. The molecule has 0 aliphatic carbocycles. The molecule has 72 valence electrons. The van der Waals surface area contributed by atoms with E-state index in [1.807, 2.05) is 19.1 Å². The zero-order chi connectivity index (χ0) is 9.97. The fraction of sp³-hybridized carbons (Fsp3) is 0.200. The molecule has 2 aromatic rings. The number of nitrogens with one attached hydrogen (secondary N) is 1. The number of nitrogens with zero attached hydrogens (tertiary/aromatic N) is 2. The van der Waals surface area contributed by atoms with Crippen LogP contribution >= 0.6 is 11.6 Å². The predicted molar refractivity (Wildman–Crippen MR) is 56.1 cm³/mol. The van der Waals surface area contributed by atoms with Gasteiger partial charge in [0.15, 0.2) is 0 Å². The second kappa shape index (κ2) is 3.80. The predicted octanol–water partition coefficient (Wildman–Crippen LogP) is 2.52. The van der Waals surface area contributed by atoms with Crippen LogP contribution in [0.5, 0.6) is 0 Å². The minimum atomic E-state index is 0.433. The Balaban J connectivity index is 2.43. The zero-order valence-corrected chi connectivity index (χ0v) is 8.54. The number of aromatic nitrogens is 3. The Morgan fingerprint density at radius 3 is 2.93 bits per heavy atom. The molecule has 1 N–H and O–H groups in total. The molecule has 3 nitrogen and oxygen atoms in total. The molecule has 2 heterocycles. The van der Waals surface area contributed by atoms with Crippen LogP contribution in [-0.2, 0) is 5.88 Å². The van der Waals surface area contributed by atoms with Gasteiger partial charge in [-0.25, -0.2) is 4.98 Å². The quantitative estimate of drug-likeness (QED) is 0.769. The third-order valence-corrected chi connectivity index (χ3v) is 2.30. The van der Waals surface area contributed by atoms with E-state index in [0.29, 0.717) is 5.88 Å². The number of rotatable bonds is 2. The van der Waals surface area contributed by atoms with Crippen LogP contribution in [0.3, 0.4) is 0 Å². The fourth-order valence-electron chi connectivity index (χ4n) is 1.27. The first-order chi connectivity index (χ1) is 6.81. The van der Waals surface area contributed by atoms with Crippen LogP contribution in [0.1, 0.15) is 11.4 Å². The van der Waals surface area contributed by atoms with Crippen molar-refractivity contribution < 1.29 is 0 Å².